The van der Waals surface area contributed by atoms with Gasteiger partial charge in [0, 0.05) is 35.5 Å². The molecule has 25 heavy (non-hydrogen) atoms. The molecule has 1 aromatic heterocycles. The molecule has 5 heteroatoms. The van der Waals surface area contributed by atoms with Crippen LogP contribution in [0.5, 0.6) is 0 Å². The van der Waals surface area contributed by atoms with Crippen molar-refractivity contribution < 1.29 is 14.8 Å². The molecule has 2 aromatic rings. The monoisotopic (exact) mass is 340 g/mol. The van der Waals surface area contributed by atoms with Gasteiger partial charge in [-0.2, -0.15) is 0 Å². The molecular formula is C20H24N2O3. The SMILES string of the molecule is Cc1c2c(n(Cc3ccc(C(=O)NO)cc3)c1C)CC(C)(C)CC2=O. The molecule has 0 saturated heterocycles. The van der Waals surface area contributed by atoms with E-state index in [9.17, 15) is 9.59 Å². The number of aromatic nitrogens is 1. The van der Waals surface area contributed by atoms with Crippen LogP contribution in [0.2, 0.25) is 0 Å². The molecule has 0 radical (unpaired) electrons. The van der Waals surface area contributed by atoms with E-state index in [0.29, 0.717) is 18.5 Å². The highest BCUT2D eigenvalue weighted by Gasteiger charge is 2.35. The summed E-state index contributed by atoms with van der Waals surface area (Å²) in [4.78, 5) is 24.0. The molecule has 1 aliphatic carbocycles. The van der Waals surface area contributed by atoms with Gasteiger partial charge in [0.2, 0.25) is 0 Å². The van der Waals surface area contributed by atoms with Gasteiger partial charge in [-0.3, -0.25) is 14.8 Å². The van der Waals surface area contributed by atoms with Gasteiger partial charge >= 0.3 is 0 Å². The van der Waals surface area contributed by atoms with Crippen molar-refractivity contribution in [1.82, 2.24) is 10.0 Å². The Bertz CT molecular complexity index is 845. The maximum atomic E-state index is 12.6. The number of hydroxylamine groups is 1. The second-order valence-electron chi connectivity index (χ2n) is 7.70. The molecule has 1 amide bonds. The first-order valence-electron chi connectivity index (χ1n) is 8.48. The summed E-state index contributed by atoms with van der Waals surface area (Å²) in [6, 6.07) is 7.13. The van der Waals surface area contributed by atoms with Gasteiger partial charge in [0.05, 0.1) is 0 Å². The smallest absolute Gasteiger partial charge is 0.274 e. The van der Waals surface area contributed by atoms with E-state index < -0.39 is 5.91 Å². The van der Waals surface area contributed by atoms with Crippen LogP contribution < -0.4 is 5.48 Å². The molecule has 0 spiro atoms. The third-order valence-electron chi connectivity index (χ3n) is 5.16. The van der Waals surface area contributed by atoms with Crippen molar-refractivity contribution >= 4 is 11.7 Å². The van der Waals surface area contributed by atoms with Gasteiger partial charge in [0.25, 0.3) is 5.91 Å². The fourth-order valence-corrected chi connectivity index (χ4v) is 3.75. The van der Waals surface area contributed by atoms with Crippen LogP contribution in [0.4, 0.5) is 0 Å². The first-order valence-corrected chi connectivity index (χ1v) is 8.48. The molecule has 0 atom stereocenters. The van der Waals surface area contributed by atoms with E-state index in [2.05, 4.69) is 25.3 Å². The lowest BCUT2D eigenvalue weighted by molar-refractivity contribution is 0.0706. The lowest BCUT2D eigenvalue weighted by atomic mass is 9.75. The maximum Gasteiger partial charge on any atom is 0.274 e. The molecule has 5 nitrogen and oxygen atoms in total. The van der Waals surface area contributed by atoms with E-state index in [0.717, 1.165) is 34.5 Å². The third kappa shape index (κ3) is 3.12. The van der Waals surface area contributed by atoms with Gasteiger partial charge in [-0.05, 0) is 48.9 Å². The predicted molar refractivity (Wildman–Crippen MR) is 95.1 cm³/mol. The van der Waals surface area contributed by atoms with Gasteiger partial charge in [0.1, 0.15) is 0 Å². The van der Waals surface area contributed by atoms with Gasteiger partial charge < -0.3 is 4.57 Å². The Morgan fingerprint density at radius 3 is 2.44 bits per heavy atom. The third-order valence-corrected chi connectivity index (χ3v) is 5.16. The summed E-state index contributed by atoms with van der Waals surface area (Å²) in [6.45, 7) is 9.01. The Morgan fingerprint density at radius 1 is 1.20 bits per heavy atom. The number of hydrogen-bond donors (Lipinski definition) is 2. The zero-order chi connectivity index (χ0) is 18.4. The van der Waals surface area contributed by atoms with Crippen LogP contribution in [0, 0.1) is 19.3 Å². The summed E-state index contributed by atoms with van der Waals surface area (Å²) in [5.74, 6) is -0.287. The van der Waals surface area contributed by atoms with E-state index in [4.69, 9.17) is 5.21 Å². The summed E-state index contributed by atoms with van der Waals surface area (Å²) in [7, 11) is 0. The predicted octanol–water partition coefficient (Wildman–Crippen LogP) is 3.43. The molecule has 1 aliphatic rings. The van der Waals surface area contributed by atoms with Crippen molar-refractivity contribution in [3.05, 3.63) is 57.9 Å². The highest BCUT2D eigenvalue weighted by atomic mass is 16.5. The van der Waals surface area contributed by atoms with Crippen molar-refractivity contribution in [3.63, 3.8) is 0 Å². The molecule has 1 heterocycles. The summed E-state index contributed by atoms with van der Waals surface area (Å²) >= 11 is 0. The molecule has 0 bridgehead atoms. The summed E-state index contributed by atoms with van der Waals surface area (Å²) < 4.78 is 2.23. The average Bonchev–Trinajstić information content (AvgIpc) is 2.78. The molecule has 0 saturated carbocycles. The molecule has 132 valence electrons. The second kappa shape index (κ2) is 6.15. The highest BCUT2D eigenvalue weighted by molar-refractivity contribution is 6.00. The Labute approximate surface area is 147 Å². The number of Topliss-reactive ketones (excluding diaryl/α,β-unsaturated/α-hetero) is 1. The van der Waals surface area contributed by atoms with Crippen molar-refractivity contribution in [1.29, 1.82) is 0 Å². The number of hydrogen-bond acceptors (Lipinski definition) is 3. The fraction of sp³-hybridized carbons (Fsp3) is 0.400. The molecule has 2 N–H and O–H groups in total. The molecule has 3 rings (SSSR count). The number of ketones is 1. The topological polar surface area (TPSA) is 71.3 Å². The summed E-state index contributed by atoms with van der Waals surface area (Å²) in [5.41, 5.74) is 7.27. The minimum absolute atomic E-state index is 0.0257. The van der Waals surface area contributed by atoms with Crippen molar-refractivity contribution in [3.8, 4) is 0 Å². The Morgan fingerprint density at radius 2 is 1.84 bits per heavy atom. The van der Waals surface area contributed by atoms with E-state index >= 15 is 0 Å². The number of carbonyl (C=O) groups excluding carboxylic acids is 2. The van der Waals surface area contributed by atoms with Crippen LogP contribution >= 0.6 is 0 Å². The average molecular weight is 340 g/mol. The molecule has 0 fully saturated rings. The molecule has 0 aliphatic heterocycles. The lowest BCUT2D eigenvalue weighted by Crippen LogP contribution is -2.28. The molecular weight excluding hydrogens is 316 g/mol. The number of carbonyl (C=O) groups is 2. The number of nitrogens with one attached hydrogen (secondary N) is 1. The van der Waals surface area contributed by atoms with Crippen LogP contribution in [-0.2, 0) is 13.0 Å². The zero-order valence-electron chi connectivity index (χ0n) is 15.1. The van der Waals surface area contributed by atoms with Gasteiger partial charge in [-0.15, -0.1) is 0 Å². The zero-order valence-corrected chi connectivity index (χ0v) is 15.1. The minimum atomic E-state index is -0.524. The van der Waals surface area contributed by atoms with E-state index in [1.807, 2.05) is 19.1 Å². The van der Waals surface area contributed by atoms with E-state index in [1.165, 1.54) is 0 Å². The Kier molecular flexibility index (Phi) is 4.29. The largest absolute Gasteiger partial charge is 0.343 e. The number of amides is 1. The lowest BCUT2D eigenvalue weighted by Gasteiger charge is -2.30. The standard InChI is InChI=1S/C20H24N2O3/c1-12-13(2)22(16-9-20(3,4)10-17(23)18(12)16)11-14-5-7-15(8-6-14)19(24)21-25/h5-8,25H,9-11H2,1-4H3,(H,21,24). The van der Waals surface area contributed by atoms with Crippen LogP contribution in [0.3, 0.4) is 0 Å². The van der Waals surface area contributed by atoms with Crippen molar-refractivity contribution in [2.24, 2.45) is 5.41 Å². The minimum Gasteiger partial charge on any atom is -0.343 e. The second-order valence-corrected chi connectivity index (χ2v) is 7.70. The quantitative estimate of drug-likeness (QED) is 0.664. The van der Waals surface area contributed by atoms with Crippen LogP contribution in [0.1, 0.15) is 63.5 Å². The highest BCUT2D eigenvalue weighted by Crippen LogP contribution is 2.38. The summed E-state index contributed by atoms with van der Waals surface area (Å²) in [6.07, 6.45) is 1.48. The molecule has 1 aromatic carbocycles. The van der Waals surface area contributed by atoms with Crippen LogP contribution in [0.25, 0.3) is 0 Å². The maximum absolute atomic E-state index is 12.6. The van der Waals surface area contributed by atoms with Gasteiger partial charge in [0.15, 0.2) is 5.78 Å². The van der Waals surface area contributed by atoms with Gasteiger partial charge in [-0.25, -0.2) is 5.48 Å². The number of fused-ring (bicyclic) bond motifs is 1. The Balaban J connectivity index is 1.98. The normalized spacial score (nSPS) is 15.8. The van der Waals surface area contributed by atoms with Crippen LogP contribution in [-0.4, -0.2) is 21.5 Å². The fourth-order valence-electron chi connectivity index (χ4n) is 3.75. The van der Waals surface area contributed by atoms with Crippen LogP contribution in [0.15, 0.2) is 24.3 Å². The number of benzene rings is 1. The number of rotatable bonds is 3. The molecule has 0 unspecified atom stereocenters. The van der Waals surface area contributed by atoms with Gasteiger partial charge in [-0.1, -0.05) is 26.0 Å². The Hall–Kier alpha value is -2.40. The summed E-state index contributed by atoms with van der Waals surface area (Å²) in [5, 5.41) is 8.70. The van der Waals surface area contributed by atoms with E-state index in [-0.39, 0.29) is 11.2 Å². The number of nitrogens with zero attached hydrogens (tertiary/aromatic N) is 1. The first-order chi connectivity index (χ1) is 11.7. The van der Waals surface area contributed by atoms with Crippen molar-refractivity contribution in [2.75, 3.05) is 0 Å². The van der Waals surface area contributed by atoms with Crippen molar-refractivity contribution in [2.45, 2.75) is 47.1 Å². The first kappa shape index (κ1) is 17.4. The van der Waals surface area contributed by atoms with E-state index in [1.54, 1.807) is 17.6 Å².